The number of imidazole rings is 1. The maximum Gasteiger partial charge on any atom is 0.149 e. The molecule has 0 aliphatic rings. The number of hydrogen-bond acceptors (Lipinski definition) is 3. The van der Waals surface area contributed by atoms with Gasteiger partial charge in [0.1, 0.15) is 24.3 Å². The van der Waals surface area contributed by atoms with Gasteiger partial charge in [0.05, 0.1) is 20.2 Å². The van der Waals surface area contributed by atoms with Crippen molar-refractivity contribution in [2.45, 2.75) is 13.5 Å². The van der Waals surface area contributed by atoms with Crippen molar-refractivity contribution in [1.82, 2.24) is 9.97 Å². The van der Waals surface area contributed by atoms with Gasteiger partial charge in [-0.1, -0.05) is 36.4 Å². The molecule has 0 saturated carbocycles. The van der Waals surface area contributed by atoms with Gasteiger partial charge >= 0.3 is 0 Å². The highest BCUT2D eigenvalue weighted by molar-refractivity contribution is 14.1. The number of nitrogens with one attached hydrogen (secondary N) is 1. The highest BCUT2D eigenvalue weighted by Crippen LogP contribution is 2.32. The van der Waals surface area contributed by atoms with E-state index in [1.165, 1.54) is 0 Å². The topological polar surface area (TPSA) is 61.7 Å². The lowest BCUT2D eigenvalue weighted by Crippen LogP contribution is -2.00. The second-order valence-corrected chi connectivity index (χ2v) is 9.26. The van der Waals surface area contributed by atoms with E-state index in [0.717, 1.165) is 40.6 Å². The van der Waals surface area contributed by atoms with Crippen LogP contribution in [-0.2, 0) is 6.61 Å². The van der Waals surface area contributed by atoms with Gasteiger partial charge in [0.25, 0.3) is 0 Å². The average Bonchev–Trinajstić information content (AvgIpc) is 3.14. The fourth-order valence-electron chi connectivity index (χ4n) is 3.13. The van der Waals surface area contributed by atoms with Gasteiger partial charge in [-0.15, -0.1) is 0 Å². The number of ether oxygens (including phenoxy) is 1. The molecule has 30 heavy (non-hydrogen) atoms. The van der Waals surface area contributed by atoms with E-state index in [2.05, 4.69) is 67.3 Å². The van der Waals surface area contributed by atoms with E-state index in [0.29, 0.717) is 18.0 Å². The third-order valence-electron chi connectivity index (χ3n) is 4.58. The molecule has 1 heterocycles. The molecule has 0 aliphatic heterocycles. The molecule has 4 nitrogen and oxygen atoms in total. The van der Waals surface area contributed by atoms with Crippen LogP contribution < -0.4 is 4.74 Å². The SMILES string of the molecule is Cc1ccc2nc(/C(C#N)=C/c3cc(I)cc(I)c3OCc3ccccc3)[nH]c2c1. The second-order valence-electron chi connectivity index (χ2n) is 6.86. The molecule has 148 valence electrons. The van der Waals surface area contributed by atoms with Crippen molar-refractivity contribution in [2.24, 2.45) is 0 Å². The van der Waals surface area contributed by atoms with Crippen LogP contribution in [0, 0.1) is 25.4 Å². The number of rotatable bonds is 5. The number of halogens is 2. The summed E-state index contributed by atoms with van der Waals surface area (Å²) in [6.07, 6.45) is 1.84. The predicted molar refractivity (Wildman–Crippen MR) is 137 cm³/mol. The van der Waals surface area contributed by atoms with Crippen molar-refractivity contribution in [1.29, 1.82) is 5.26 Å². The van der Waals surface area contributed by atoms with E-state index < -0.39 is 0 Å². The normalized spacial score (nSPS) is 11.5. The van der Waals surface area contributed by atoms with Crippen LogP contribution >= 0.6 is 45.2 Å². The summed E-state index contributed by atoms with van der Waals surface area (Å²) in [6.45, 7) is 2.50. The molecule has 0 saturated heterocycles. The first kappa shape index (κ1) is 20.9. The van der Waals surface area contributed by atoms with Crippen LogP contribution in [0.1, 0.15) is 22.5 Å². The molecule has 0 amide bonds. The highest BCUT2D eigenvalue weighted by atomic mass is 127. The first-order valence-electron chi connectivity index (χ1n) is 9.28. The van der Waals surface area contributed by atoms with Gasteiger partial charge in [-0.25, -0.2) is 4.98 Å². The Bertz CT molecular complexity index is 1290. The Labute approximate surface area is 202 Å². The van der Waals surface area contributed by atoms with Gasteiger partial charge < -0.3 is 9.72 Å². The summed E-state index contributed by atoms with van der Waals surface area (Å²) in [5, 5.41) is 9.84. The van der Waals surface area contributed by atoms with Crippen molar-refractivity contribution in [3.05, 3.63) is 90.3 Å². The molecule has 1 N–H and O–H groups in total. The van der Waals surface area contributed by atoms with Gasteiger partial charge in [-0.3, -0.25) is 0 Å². The zero-order chi connectivity index (χ0) is 21.1. The number of allylic oxidation sites excluding steroid dienone is 1. The number of aryl methyl sites for hydroxylation is 1. The van der Waals surface area contributed by atoms with E-state index in [-0.39, 0.29) is 0 Å². The fraction of sp³-hybridized carbons (Fsp3) is 0.0833. The number of aromatic amines is 1. The van der Waals surface area contributed by atoms with E-state index >= 15 is 0 Å². The van der Waals surface area contributed by atoms with Crippen LogP contribution in [0.3, 0.4) is 0 Å². The highest BCUT2D eigenvalue weighted by Gasteiger charge is 2.13. The first-order valence-corrected chi connectivity index (χ1v) is 11.4. The summed E-state index contributed by atoms with van der Waals surface area (Å²) in [5.74, 6) is 1.32. The fourth-order valence-corrected chi connectivity index (χ4v) is 5.17. The van der Waals surface area contributed by atoms with Crippen LogP contribution in [0.5, 0.6) is 5.75 Å². The Morgan fingerprint density at radius 1 is 1.13 bits per heavy atom. The molecule has 0 bridgehead atoms. The van der Waals surface area contributed by atoms with Gasteiger partial charge in [-0.05, 0) is 93.6 Å². The Morgan fingerprint density at radius 2 is 1.93 bits per heavy atom. The Morgan fingerprint density at radius 3 is 2.70 bits per heavy atom. The van der Waals surface area contributed by atoms with Crippen molar-refractivity contribution >= 4 is 67.9 Å². The minimum atomic E-state index is 0.462. The van der Waals surface area contributed by atoms with Gasteiger partial charge in [0.15, 0.2) is 0 Å². The smallest absolute Gasteiger partial charge is 0.149 e. The Balaban J connectivity index is 1.73. The number of aromatic nitrogens is 2. The summed E-state index contributed by atoms with van der Waals surface area (Å²) in [7, 11) is 0. The van der Waals surface area contributed by atoms with Crippen molar-refractivity contribution in [3.63, 3.8) is 0 Å². The molecule has 4 rings (SSSR count). The molecule has 0 atom stereocenters. The molecule has 1 aromatic heterocycles. The van der Waals surface area contributed by atoms with Crippen LogP contribution in [0.15, 0.2) is 60.7 Å². The first-order chi connectivity index (χ1) is 14.5. The lowest BCUT2D eigenvalue weighted by molar-refractivity contribution is 0.303. The van der Waals surface area contributed by atoms with E-state index in [4.69, 9.17) is 4.74 Å². The van der Waals surface area contributed by atoms with Crippen LogP contribution in [0.4, 0.5) is 0 Å². The number of nitrogens with zero attached hydrogens (tertiary/aromatic N) is 2. The third-order valence-corrected chi connectivity index (χ3v) is 6.00. The summed E-state index contributed by atoms with van der Waals surface area (Å²) in [6, 6.07) is 22.4. The number of H-pyrrole nitrogens is 1. The van der Waals surface area contributed by atoms with Crippen LogP contribution in [0.2, 0.25) is 0 Å². The molecule has 0 aliphatic carbocycles. The van der Waals surface area contributed by atoms with E-state index in [1.54, 1.807) is 0 Å². The quantitative estimate of drug-likeness (QED) is 0.200. The Hall–Kier alpha value is -2.38. The number of hydrogen-bond donors (Lipinski definition) is 1. The average molecular weight is 617 g/mol. The van der Waals surface area contributed by atoms with Gasteiger partial charge in [0, 0.05) is 9.13 Å². The van der Waals surface area contributed by atoms with Crippen LogP contribution in [0.25, 0.3) is 22.7 Å². The molecule has 0 unspecified atom stereocenters. The number of nitriles is 1. The minimum absolute atomic E-state index is 0.462. The zero-order valence-corrected chi connectivity index (χ0v) is 20.4. The summed E-state index contributed by atoms with van der Waals surface area (Å²) < 4.78 is 8.25. The molecule has 3 aromatic carbocycles. The number of benzene rings is 3. The summed E-state index contributed by atoms with van der Waals surface area (Å²) in [5.41, 5.74) is 5.32. The Kier molecular flexibility index (Phi) is 6.39. The van der Waals surface area contributed by atoms with Crippen molar-refractivity contribution < 1.29 is 4.74 Å². The molecule has 0 spiro atoms. The van der Waals surface area contributed by atoms with Crippen LogP contribution in [-0.4, -0.2) is 9.97 Å². The van der Waals surface area contributed by atoms with Crippen molar-refractivity contribution in [2.75, 3.05) is 0 Å². The lowest BCUT2D eigenvalue weighted by atomic mass is 10.1. The molecular weight excluding hydrogens is 600 g/mol. The molecule has 0 radical (unpaired) electrons. The summed E-state index contributed by atoms with van der Waals surface area (Å²) >= 11 is 4.56. The second kappa shape index (κ2) is 9.18. The monoisotopic (exact) mass is 617 g/mol. The molecule has 6 heteroatoms. The van der Waals surface area contributed by atoms with Gasteiger partial charge in [-0.2, -0.15) is 5.26 Å². The van der Waals surface area contributed by atoms with Crippen molar-refractivity contribution in [3.8, 4) is 11.8 Å². The molecule has 0 fully saturated rings. The summed E-state index contributed by atoms with van der Waals surface area (Å²) in [4.78, 5) is 7.87. The predicted octanol–water partition coefficient (Wildman–Crippen LogP) is 6.72. The lowest BCUT2D eigenvalue weighted by Gasteiger charge is -2.13. The zero-order valence-electron chi connectivity index (χ0n) is 16.1. The maximum atomic E-state index is 9.84. The third kappa shape index (κ3) is 4.68. The van der Waals surface area contributed by atoms with E-state index in [1.807, 2.05) is 67.6 Å². The number of fused-ring (bicyclic) bond motifs is 1. The standard InChI is InChI=1S/C24H17I2N3O/c1-15-7-8-21-22(9-15)29-24(28-21)18(13-27)10-17-11-19(25)12-20(26)23(17)30-14-16-5-3-2-4-6-16/h2-12H,14H2,1H3,(H,28,29)/b18-10+. The van der Waals surface area contributed by atoms with E-state index in [9.17, 15) is 5.26 Å². The molecular formula is C24H17I2N3O. The van der Waals surface area contributed by atoms with Gasteiger partial charge in [0.2, 0.25) is 0 Å². The largest absolute Gasteiger partial charge is 0.487 e. The maximum absolute atomic E-state index is 9.84. The minimum Gasteiger partial charge on any atom is -0.487 e. The molecule has 4 aromatic rings.